The quantitative estimate of drug-likeness (QED) is 0.834. The molecule has 5 heteroatoms. The maximum absolute atomic E-state index is 14.0. The first-order valence-electron chi connectivity index (χ1n) is 7.37. The molecule has 0 amide bonds. The minimum atomic E-state index is -1.97. The molecular formula is C15H21BF2O2. The number of benzene rings is 1. The minimum Gasteiger partial charge on any atom is -0.423 e. The molecule has 0 bridgehead atoms. The van der Waals surface area contributed by atoms with Crippen LogP contribution < -0.4 is 5.46 Å². The molecule has 1 aliphatic rings. The van der Waals surface area contributed by atoms with E-state index in [1.54, 1.807) is 0 Å². The molecule has 2 N–H and O–H groups in total. The second-order valence-corrected chi connectivity index (χ2v) is 5.78. The Labute approximate surface area is 119 Å². The predicted octanol–water partition coefficient (Wildman–Crippen LogP) is 2.72. The van der Waals surface area contributed by atoms with Gasteiger partial charge in [0.15, 0.2) is 0 Å². The Balaban J connectivity index is 2.12. The summed E-state index contributed by atoms with van der Waals surface area (Å²) in [5.41, 5.74) is -0.0206. The van der Waals surface area contributed by atoms with Crippen LogP contribution in [0.25, 0.3) is 0 Å². The number of hydrogen-bond acceptors (Lipinski definition) is 2. The van der Waals surface area contributed by atoms with Crippen molar-refractivity contribution in [2.75, 3.05) is 0 Å². The van der Waals surface area contributed by atoms with Gasteiger partial charge in [-0.25, -0.2) is 8.78 Å². The Hall–Kier alpha value is -0.935. The monoisotopic (exact) mass is 282 g/mol. The highest BCUT2D eigenvalue weighted by atomic mass is 19.1. The zero-order valence-corrected chi connectivity index (χ0v) is 11.8. The number of rotatable bonds is 4. The van der Waals surface area contributed by atoms with Gasteiger partial charge in [0.05, 0.1) is 0 Å². The van der Waals surface area contributed by atoms with Gasteiger partial charge in [-0.05, 0) is 55.2 Å². The van der Waals surface area contributed by atoms with Gasteiger partial charge >= 0.3 is 7.12 Å². The largest absolute Gasteiger partial charge is 0.491 e. The fraction of sp³-hybridized carbons (Fsp3) is 0.600. The first-order chi connectivity index (χ1) is 9.52. The molecule has 0 spiro atoms. The second-order valence-electron chi connectivity index (χ2n) is 5.78. The lowest BCUT2D eigenvalue weighted by atomic mass is 9.74. The molecule has 0 atom stereocenters. The van der Waals surface area contributed by atoms with Crippen molar-refractivity contribution in [2.24, 2.45) is 5.92 Å². The van der Waals surface area contributed by atoms with E-state index >= 15 is 0 Å². The van der Waals surface area contributed by atoms with Crippen LogP contribution in [0.3, 0.4) is 0 Å². The summed E-state index contributed by atoms with van der Waals surface area (Å²) in [6, 6.07) is 2.04. The summed E-state index contributed by atoms with van der Waals surface area (Å²) in [6.45, 7) is 2.17. The zero-order valence-electron chi connectivity index (χ0n) is 11.8. The molecule has 20 heavy (non-hydrogen) atoms. The standard InChI is InChI=1S/C15H21BF2O2/c1-2-3-10-4-6-11(7-5-10)12-8-15(18)13(16(19)20)9-14(12)17/h8-11,19-20H,2-7H2,1H3. The summed E-state index contributed by atoms with van der Waals surface area (Å²) < 4.78 is 27.8. The summed E-state index contributed by atoms with van der Waals surface area (Å²) >= 11 is 0. The molecule has 2 nitrogen and oxygen atoms in total. The average Bonchev–Trinajstić information content (AvgIpc) is 2.42. The van der Waals surface area contributed by atoms with Crippen LogP contribution in [0.1, 0.15) is 56.9 Å². The molecule has 1 saturated carbocycles. The first-order valence-corrected chi connectivity index (χ1v) is 7.37. The van der Waals surface area contributed by atoms with E-state index in [0.717, 1.165) is 37.8 Å². The molecular weight excluding hydrogens is 261 g/mol. The van der Waals surface area contributed by atoms with Gasteiger partial charge in [-0.2, -0.15) is 0 Å². The van der Waals surface area contributed by atoms with Gasteiger partial charge in [-0.3, -0.25) is 0 Å². The molecule has 1 aliphatic carbocycles. The van der Waals surface area contributed by atoms with Gasteiger partial charge in [0, 0.05) is 5.46 Å². The van der Waals surface area contributed by atoms with E-state index in [2.05, 4.69) is 6.92 Å². The van der Waals surface area contributed by atoms with Crippen molar-refractivity contribution >= 4 is 12.6 Å². The van der Waals surface area contributed by atoms with Crippen molar-refractivity contribution < 1.29 is 18.8 Å². The highest BCUT2D eigenvalue weighted by Crippen LogP contribution is 2.38. The molecule has 1 fully saturated rings. The third-order valence-corrected chi connectivity index (χ3v) is 4.38. The summed E-state index contributed by atoms with van der Waals surface area (Å²) in [5.74, 6) is -0.522. The first kappa shape index (κ1) is 15.5. The lowest BCUT2D eigenvalue weighted by molar-refractivity contribution is 0.304. The van der Waals surface area contributed by atoms with Gasteiger partial charge in [-0.1, -0.05) is 19.8 Å². The molecule has 110 valence electrons. The summed E-state index contributed by atoms with van der Waals surface area (Å²) in [4.78, 5) is 0. The van der Waals surface area contributed by atoms with Crippen LogP contribution in [-0.2, 0) is 0 Å². The summed E-state index contributed by atoms with van der Waals surface area (Å²) in [7, 11) is -1.97. The van der Waals surface area contributed by atoms with E-state index < -0.39 is 24.2 Å². The van der Waals surface area contributed by atoms with Crippen LogP contribution in [0.2, 0.25) is 0 Å². The van der Waals surface area contributed by atoms with Crippen molar-refractivity contribution in [3.05, 3.63) is 29.3 Å². The smallest absolute Gasteiger partial charge is 0.423 e. The van der Waals surface area contributed by atoms with Crippen LogP contribution >= 0.6 is 0 Å². The number of halogens is 2. The Morgan fingerprint density at radius 3 is 2.30 bits per heavy atom. The van der Waals surface area contributed by atoms with Crippen molar-refractivity contribution in [3.8, 4) is 0 Å². The molecule has 0 radical (unpaired) electrons. The Morgan fingerprint density at radius 1 is 1.10 bits per heavy atom. The van der Waals surface area contributed by atoms with Crippen molar-refractivity contribution in [3.63, 3.8) is 0 Å². The van der Waals surface area contributed by atoms with E-state index in [4.69, 9.17) is 10.0 Å². The van der Waals surface area contributed by atoms with Crippen molar-refractivity contribution in [1.29, 1.82) is 0 Å². The Bertz CT molecular complexity index is 457. The Kier molecular flexibility index (Phi) is 5.16. The van der Waals surface area contributed by atoms with E-state index in [1.807, 2.05) is 0 Å². The van der Waals surface area contributed by atoms with E-state index in [0.29, 0.717) is 11.5 Å². The molecule has 0 saturated heterocycles. The lowest BCUT2D eigenvalue weighted by Gasteiger charge is -2.29. The van der Waals surface area contributed by atoms with Gasteiger partial charge in [-0.15, -0.1) is 0 Å². The van der Waals surface area contributed by atoms with Crippen LogP contribution in [0.15, 0.2) is 12.1 Å². The Morgan fingerprint density at radius 2 is 1.75 bits per heavy atom. The van der Waals surface area contributed by atoms with E-state index in [1.165, 1.54) is 12.8 Å². The van der Waals surface area contributed by atoms with Crippen molar-refractivity contribution in [1.82, 2.24) is 0 Å². The minimum absolute atomic E-state index is 0.0440. The topological polar surface area (TPSA) is 40.5 Å². The predicted molar refractivity (Wildman–Crippen MR) is 75.8 cm³/mol. The third kappa shape index (κ3) is 3.39. The highest BCUT2D eigenvalue weighted by Gasteiger charge is 2.26. The molecule has 1 aromatic carbocycles. The molecule has 2 rings (SSSR count). The van der Waals surface area contributed by atoms with Gasteiger partial charge in [0.2, 0.25) is 0 Å². The summed E-state index contributed by atoms with van der Waals surface area (Å²) in [6.07, 6.45) is 6.25. The molecule has 0 aliphatic heterocycles. The van der Waals surface area contributed by atoms with Crippen LogP contribution in [0.5, 0.6) is 0 Å². The average molecular weight is 282 g/mol. The fourth-order valence-electron chi connectivity index (χ4n) is 3.26. The van der Waals surface area contributed by atoms with Crippen LogP contribution in [0, 0.1) is 17.6 Å². The fourth-order valence-corrected chi connectivity index (χ4v) is 3.26. The summed E-state index contributed by atoms with van der Waals surface area (Å²) in [5, 5.41) is 17.9. The maximum atomic E-state index is 14.0. The molecule has 0 heterocycles. The van der Waals surface area contributed by atoms with Crippen LogP contribution in [-0.4, -0.2) is 17.2 Å². The maximum Gasteiger partial charge on any atom is 0.491 e. The van der Waals surface area contributed by atoms with Crippen LogP contribution in [0.4, 0.5) is 8.78 Å². The molecule has 0 unspecified atom stereocenters. The zero-order chi connectivity index (χ0) is 14.7. The SMILES string of the molecule is CCCC1CCC(c2cc(F)c(B(O)O)cc2F)CC1. The molecule has 1 aromatic rings. The van der Waals surface area contributed by atoms with Gasteiger partial charge in [0.25, 0.3) is 0 Å². The number of hydrogen-bond donors (Lipinski definition) is 2. The third-order valence-electron chi connectivity index (χ3n) is 4.38. The van der Waals surface area contributed by atoms with Gasteiger partial charge < -0.3 is 10.0 Å². The second kappa shape index (κ2) is 6.68. The van der Waals surface area contributed by atoms with Crippen molar-refractivity contribution in [2.45, 2.75) is 51.4 Å². The normalized spacial score (nSPS) is 22.9. The van der Waals surface area contributed by atoms with E-state index in [9.17, 15) is 8.78 Å². The molecule has 0 aromatic heterocycles. The lowest BCUT2D eigenvalue weighted by Crippen LogP contribution is -2.33. The highest BCUT2D eigenvalue weighted by molar-refractivity contribution is 6.58. The van der Waals surface area contributed by atoms with E-state index in [-0.39, 0.29) is 5.92 Å². The van der Waals surface area contributed by atoms with Gasteiger partial charge in [0.1, 0.15) is 11.6 Å².